The summed E-state index contributed by atoms with van der Waals surface area (Å²) in [7, 11) is -3.85. The lowest BCUT2D eigenvalue weighted by Gasteiger charge is -2.26. The molecule has 1 aliphatic rings. The first-order valence-electron chi connectivity index (χ1n) is 7.60. The predicted octanol–water partition coefficient (Wildman–Crippen LogP) is 2.21. The molecule has 0 saturated heterocycles. The van der Waals surface area contributed by atoms with Crippen LogP contribution in [0.1, 0.15) is 23.0 Å². The number of aromatic nitrogens is 1. The molecule has 128 valence electrons. The van der Waals surface area contributed by atoms with Crippen LogP contribution in [0.3, 0.4) is 0 Å². The van der Waals surface area contributed by atoms with E-state index in [1.807, 2.05) is 6.92 Å². The third-order valence-electron chi connectivity index (χ3n) is 4.09. The Morgan fingerprint density at radius 3 is 2.67 bits per heavy atom. The zero-order valence-electron chi connectivity index (χ0n) is 13.4. The molecular weight excluding hydrogens is 333 g/mol. The number of aryl methyl sites for hydroxylation is 1. The zero-order chi connectivity index (χ0) is 17.5. The molecule has 24 heavy (non-hydrogen) atoms. The minimum absolute atomic E-state index is 0.0192. The molecule has 1 aromatic carbocycles. The van der Waals surface area contributed by atoms with Crippen molar-refractivity contribution < 1.29 is 17.6 Å². The summed E-state index contributed by atoms with van der Waals surface area (Å²) in [4.78, 5) is 14.0. The van der Waals surface area contributed by atoms with Crippen LogP contribution in [-0.4, -0.2) is 36.9 Å². The summed E-state index contributed by atoms with van der Waals surface area (Å²) in [5, 5.41) is 0. The van der Waals surface area contributed by atoms with Gasteiger partial charge < -0.3 is 9.47 Å². The minimum atomic E-state index is -3.85. The van der Waals surface area contributed by atoms with Crippen LogP contribution in [-0.2, 0) is 16.6 Å². The predicted molar refractivity (Wildman–Crippen MR) is 88.0 cm³/mol. The van der Waals surface area contributed by atoms with Gasteiger partial charge in [-0.1, -0.05) is 0 Å². The number of hydrogen-bond acceptors (Lipinski definition) is 3. The average molecular weight is 351 g/mol. The summed E-state index contributed by atoms with van der Waals surface area (Å²) in [6.45, 7) is 5.13. The van der Waals surface area contributed by atoms with Gasteiger partial charge in [0, 0.05) is 31.5 Å². The molecule has 2 aromatic rings. The van der Waals surface area contributed by atoms with Crippen molar-refractivity contribution in [3.05, 3.63) is 47.5 Å². The lowest BCUT2D eigenvalue weighted by molar-refractivity contribution is 0.0715. The summed E-state index contributed by atoms with van der Waals surface area (Å²) in [5.74, 6) is -0.578. The number of nitrogens with zero attached hydrogens (tertiary/aromatic N) is 2. The normalized spacial score (nSPS) is 14.6. The Kier molecular flexibility index (Phi) is 4.08. The number of sulfonamides is 1. The second-order valence-electron chi connectivity index (χ2n) is 5.71. The molecule has 1 aromatic heterocycles. The Hall–Kier alpha value is -2.35. The number of hydrogen-bond donors (Lipinski definition) is 1. The first kappa shape index (κ1) is 16.5. The maximum absolute atomic E-state index is 13.3. The monoisotopic (exact) mass is 351 g/mol. The van der Waals surface area contributed by atoms with Crippen LogP contribution < -0.4 is 4.72 Å². The van der Waals surface area contributed by atoms with Gasteiger partial charge in [0.2, 0.25) is 0 Å². The Bertz CT molecular complexity index is 905. The van der Waals surface area contributed by atoms with Crippen LogP contribution >= 0.6 is 0 Å². The van der Waals surface area contributed by atoms with E-state index in [1.165, 1.54) is 30.5 Å². The second kappa shape index (κ2) is 5.94. The van der Waals surface area contributed by atoms with Crippen molar-refractivity contribution >= 4 is 21.6 Å². The fourth-order valence-electron chi connectivity index (χ4n) is 2.71. The van der Waals surface area contributed by atoms with Crippen molar-refractivity contribution in [1.82, 2.24) is 9.47 Å². The van der Waals surface area contributed by atoms with Crippen molar-refractivity contribution in [2.24, 2.45) is 0 Å². The highest BCUT2D eigenvalue weighted by Gasteiger charge is 2.27. The number of carbonyl (C=O) groups excluding carboxylic acids is 1. The second-order valence-corrected chi connectivity index (χ2v) is 7.39. The fourth-order valence-corrected chi connectivity index (χ4v) is 3.80. The summed E-state index contributed by atoms with van der Waals surface area (Å²) in [6, 6.07) is 5.37. The number of fused-ring (bicyclic) bond motifs is 1. The van der Waals surface area contributed by atoms with E-state index >= 15 is 0 Å². The SMILES string of the molecule is CCN1CCn2cc(S(=O)(=O)Nc3ccc(F)c(C)c3)cc2C1=O. The van der Waals surface area contributed by atoms with Gasteiger partial charge in [-0.15, -0.1) is 0 Å². The molecule has 6 nitrogen and oxygen atoms in total. The van der Waals surface area contributed by atoms with Crippen molar-refractivity contribution in [3.8, 4) is 0 Å². The van der Waals surface area contributed by atoms with Crippen LogP contribution in [0.4, 0.5) is 10.1 Å². The van der Waals surface area contributed by atoms with E-state index in [4.69, 9.17) is 0 Å². The Labute approximate surface area is 139 Å². The maximum atomic E-state index is 13.3. The Morgan fingerprint density at radius 2 is 2.00 bits per heavy atom. The molecule has 2 heterocycles. The van der Waals surface area contributed by atoms with E-state index in [0.29, 0.717) is 30.9 Å². The summed E-state index contributed by atoms with van der Waals surface area (Å²) >= 11 is 0. The summed E-state index contributed by atoms with van der Waals surface area (Å²) < 4.78 is 42.4. The molecule has 8 heteroatoms. The number of rotatable bonds is 4. The van der Waals surface area contributed by atoms with Gasteiger partial charge in [-0.05, 0) is 43.7 Å². The number of nitrogens with one attached hydrogen (secondary N) is 1. The van der Waals surface area contributed by atoms with Gasteiger partial charge in [-0.25, -0.2) is 12.8 Å². The molecule has 0 saturated carbocycles. The van der Waals surface area contributed by atoms with E-state index in [0.717, 1.165) is 0 Å². The quantitative estimate of drug-likeness (QED) is 0.918. The Balaban J connectivity index is 1.91. The van der Waals surface area contributed by atoms with Crippen LogP contribution in [0.5, 0.6) is 0 Å². The van der Waals surface area contributed by atoms with E-state index < -0.39 is 15.8 Å². The van der Waals surface area contributed by atoms with E-state index in [9.17, 15) is 17.6 Å². The number of halogens is 1. The number of amides is 1. The Morgan fingerprint density at radius 1 is 1.25 bits per heavy atom. The van der Waals surface area contributed by atoms with E-state index in [-0.39, 0.29) is 16.5 Å². The molecule has 0 radical (unpaired) electrons. The van der Waals surface area contributed by atoms with Gasteiger partial charge >= 0.3 is 0 Å². The van der Waals surface area contributed by atoms with Gasteiger partial charge in [0.1, 0.15) is 16.4 Å². The molecule has 1 N–H and O–H groups in total. The first-order chi connectivity index (χ1) is 11.3. The first-order valence-corrected chi connectivity index (χ1v) is 9.08. The van der Waals surface area contributed by atoms with Crippen LogP contribution in [0.2, 0.25) is 0 Å². The number of benzene rings is 1. The third-order valence-corrected chi connectivity index (χ3v) is 5.44. The lowest BCUT2D eigenvalue weighted by atomic mass is 10.2. The van der Waals surface area contributed by atoms with Crippen molar-refractivity contribution in [2.75, 3.05) is 17.8 Å². The highest BCUT2D eigenvalue weighted by atomic mass is 32.2. The highest BCUT2D eigenvalue weighted by molar-refractivity contribution is 7.92. The highest BCUT2D eigenvalue weighted by Crippen LogP contribution is 2.23. The van der Waals surface area contributed by atoms with Crippen molar-refractivity contribution in [3.63, 3.8) is 0 Å². The topological polar surface area (TPSA) is 71.4 Å². The lowest BCUT2D eigenvalue weighted by Crippen LogP contribution is -2.39. The largest absolute Gasteiger partial charge is 0.340 e. The van der Waals surface area contributed by atoms with Gasteiger partial charge in [0.05, 0.1) is 0 Å². The van der Waals surface area contributed by atoms with Crippen LogP contribution in [0, 0.1) is 12.7 Å². The minimum Gasteiger partial charge on any atom is -0.340 e. The molecular formula is C16H18FN3O3S. The van der Waals surface area contributed by atoms with Crippen LogP contribution in [0.25, 0.3) is 0 Å². The number of carbonyl (C=O) groups is 1. The molecule has 0 fully saturated rings. The molecule has 1 aliphatic heterocycles. The maximum Gasteiger partial charge on any atom is 0.270 e. The summed E-state index contributed by atoms with van der Waals surface area (Å²) in [5.41, 5.74) is 0.985. The molecule has 0 atom stereocenters. The molecule has 3 rings (SSSR count). The molecule has 1 amide bonds. The molecule has 0 bridgehead atoms. The van der Waals surface area contributed by atoms with Crippen molar-refractivity contribution in [2.45, 2.75) is 25.3 Å². The fraction of sp³-hybridized carbons (Fsp3) is 0.312. The van der Waals surface area contributed by atoms with E-state index in [1.54, 1.807) is 16.4 Å². The van der Waals surface area contributed by atoms with Gasteiger partial charge in [0.25, 0.3) is 15.9 Å². The number of likely N-dealkylation sites (N-methyl/N-ethyl adjacent to an activating group) is 1. The third kappa shape index (κ3) is 2.89. The van der Waals surface area contributed by atoms with Gasteiger partial charge in [-0.2, -0.15) is 0 Å². The standard InChI is InChI=1S/C16H18FN3O3S/c1-3-19-6-7-20-10-13(9-15(20)16(19)21)24(22,23)18-12-4-5-14(17)11(2)8-12/h4-5,8-10,18H,3,6-7H2,1-2H3. The zero-order valence-corrected chi connectivity index (χ0v) is 14.2. The summed E-state index contributed by atoms with van der Waals surface area (Å²) in [6.07, 6.45) is 1.46. The van der Waals surface area contributed by atoms with Crippen molar-refractivity contribution in [1.29, 1.82) is 0 Å². The molecule has 0 spiro atoms. The number of anilines is 1. The van der Waals surface area contributed by atoms with Gasteiger partial charge in [-0.3, -0.25) is 9.52 Å². The molecule has 0 unspecified atom stereocenters. The average Bonchev–Trinajstić information content (AvgIpc) is 2.97. The molecule has 0 aliphatic carbocycles. The van der Waals surface area contributed by atoms with Crippen LogP contribution in [0.15, 0.2) is 35.4 Å². The van der Waals surface area contributed by atoms with E-state index in [2.05, 4.69) is 4.72 Å². The van der Waals surface area contributed by atoms with Gasteiger partial charge in [0.15, 0.2) is 0 Å². The smallest absolute Gasteiger partial charge is 0.270 e.